The Morgan fingerprint density at radius 2 is 1.89 bits per heavy atom. The summed E-state index contributed by atoms with van der Waals surface area (Å²) in [5, 5.41) is 14.8. The standard InChI is InChI=1S/C12H13Cl4NO/c13-7-4-8(14)10(15)11(16)9(7)12(18)6-2-1-3-17-5-6/h4,6,12,17-18H,1-3,5H2. The molecule has 0 spiro atoms. The van der Waals surface area contributed by atoms with Crippen LogP contribution in [0.5, 0.6) is 0 Å². The highest BCUT2D eigenvalue weighted by atomic mass is 35.5. The lowest BCUT2D eigenvalue weighted by Gasteiger charge is -2.28. The van der Waals surface area contributed by atoms with E-state index < -0.39 is 6.10 Å². The van der Waals surface area contributed by atoms with Gasteiger partial charge < -0.3 is 10.4 Å². The van der Waals surface area contributed by atoms with Crippen molar-refractivity contribution < 1.29 is 5.11 Å². The van der Waals surface area contributed by atoms with Crippen molar-refractivity contribution in [3.8, 4) is 0 Å². The quantitative estimate of drug-likeness (QED) is 0.625. The molecule has 0 aliphatic carbocycles. The summed E-state index contributed by atoms with van der Waals surface area (Å²) in [5.41, 5.74) is 0.474. The molecule has 0 bridgehead atoms. The van der Waals surface area contributed by atoms with E-state index in [2.05, 4.69) is 5.32 Å². The Morgan fingerprint density at radius 1 is 1.17 bits per heavy atom. The van der Waals surface area contributed by atoms with E-state index in [1.165, 1.54) is 6.07 Å². The van der Waals surface area contributed by atoms with Gasteiger partial charge in [-0.05, 0) is 25.5 Å². The van der Waals surface area contributed by atoms with Gasteiger partial charge in [-0.1, -0.05) is 46.4 Å². The van der Waals surface area contributed by atoms with Gasteiger partial charge in [0.1, 0.15) is 0 Å². The van der Waals surface area contributed by atoms with Gasteiger partial charge >= 0.3 is 0 Å². The van der Waals surface area contributed by atoms with E-state index in [0.717, 1.165) is 25.9 Å². The molecule has 1 aromatic carbocycles. The average molecular weight is 329 g/mol. The van der Waals surface area contributed by atoms with Gasteiger partial charge in [0.15, 0.2) is 0 Å². The minimum absolute atomic E-state index is 0.0889. The van der Waals surface area contributed by atoms with E-state index in [9.17, 15) is 5.11 Å². The molecule has 0 aromatic heterocycles. The molecule has 2 nitrogen and oxygen atoms in total. The largest absolute Gasteiger partial charge is 0.388 e. The summed E-state index contributed by atoms with van der Waals surface area (Å²) in [6.45, 7) is 1.72. The fourth-order valence-electron chi connectivity index (χ4n) is 2.24. The number of aliphatic hydroxyl groups excluding tert-OH is 1. The molecule has 1 fully saturated rings. The number of benzene rings is 1. The van der Waals surface area contributed by atoms with Crippen LogP contribution >= 0.6 is 46.4 Å². The maximum atomic E-state index is 10.4. The summed E-state index contributed by atoms with van der Waals surface area (Å²) in [6.07, 6.45) is 1.23. The number of aliphatic hydroxyl groups is 1. The summed E-state index contributed by atoms with van der Waals surface area (Å²) >= 11 is 24.1. The van der Waals surface area contributed by atoms with Gasteiger partial charge in [-0.15, -0.1) is 0 Å². The van der Waals surface area contributed by atoms with Crippen molar-refractivity contribution in [2.24, 2.45) is 5.92 Å². The van der Waals surface area contributed by atoms with Crippen LogP contribution in [0.15, 0.2) is 6.07 Å². The maximum Gasteiger partial charge on any atom is 0.0859 e. The molecule has 2 N–H and O–H groups in total. The monoisotopic (exact) mass is 327 g/mol. The Morgan fingerprint density at radius 3 is 2.50 bits per heavy atom. The van der Waals surface area contributed by atoms with Crippen molar-refractivity contribution in [3.63, 3.8) is 0 Å². The van der Waals surface area contributed by atoms with Crippen molar-refractivity contribution in [3.05, 3.63) is 31.7 Å². The van der Waals surface area contributed by atoms with Gasteiger partial charge in [0.2, 0.25) is 0 Å². The second-order valence-corrected chi connectivity index (χ2v) is 6.00. The van der Waals surface area contributed by atoms with Gasteiger partial charge in [-0.2, -0.15) is 0 Å². The molecular formula is C12H13Cl4NO. The lowest BCUT2D eigenvalue weighted by Crippen LogP contribution is -2.33. The number of piperidine rings is 1. The maximum absolute atomic E-state index is 10.4. The summed E-state index contributed by atoms with van der Waals surface area (Å²) in [4.78, 5) is 0. The Bertz CT molecular complexity index is 446. The zero-order valence-electron chi connectivity index (χ0n) is 9.52. The first kappa shape index (κ1) is 14.7. The third-order valence-corrected chi connectivity index (χ3v) is 4.82. The smallest absolute Gasteiger partial charge is 0.0859 e. The first-order valence-corrected chi connectivity index (χ1v) is 7.25. The molecule has 1 aliphatic heterocycles. The minimum atomic E-state index is -0.729. The van der Waals surface area contributed by atoms with Gasteiger partial charge in [-0.25, -0.2) is 0 Å². The van der Waals surface area contributed by atoms with Crippen LogP contribution in [-0.4, -0.2) is 18.2 Å². The van der Waals surface area contributed by atoms with Gasteiger partial charge in [-0.3, -0.25) is 0 Å². The summed E-state index contributed by atoms with van der Waals surface area (Å²) < 4.78 is 0. The normalized spacial score (nSPS) is 21.9. The zero-order valence-corrected chi connectivity index (χ0v) is 12.5. The highest BCUT2D eigenvalue weighted by molar-refractivity contribution is 6.49. The molecule has 2 atom stereocenters. The molecular weight excluding hydrogens is 316 g/mol. The van der Waals surface area contributed by atoms with Crippen LogP contribution < -0.4 is 5.32 Å². The number of nitrogens with one attached hydrogen (secondary N) is 1. The summed E-state index contributed by atoms with van der Waals surface area (Å²) in [6, 6.07) is 1.52. The van der Waals surface area contributed by atoms with Crippen molar-refractivity contribution in [1.29, 1.82) is 0 Å². The summed E-state index contributed by atoms with van der Waals surface area (Å²) in [5.74, 6) is 0.0889. The second kappa shape index (κ2) is 6.17. The van der Waals surface area contributed by atoms with Crippen LogP contribution in [0, 0.1) is 5.92 Å². The van der Waals surface area contributed by atoms with Crippen LogP contribution in [0.4, 0.5) is 0 Å². The predicted molar refractivity (Wildman–Crippen MR) is 77.0 cm³/mol. The third-order valence-electron chi connectivity index (χ3n) is 3.23. The van der Waals surface area contributed by atoms with Crippen LogP contribution in [0.3, 0.4) is 0 Å². The fourth-order valence-corrected chi connectivity index (χ4v) is 3.38. The van der Waals surface area contributed by atoms with Crippen LogP contribution in [0.1, 0.15) is 24.5 Å². The first-order chi connectivity index (χ1) is 8.52. The van der Waals surface area contributed by atoms with Crippen LogP contribution in [-0.2, 0) is 0 Å². The molecule has 18 heavy (non-hydrogen) atoms. The van der Waals surface area contributed by atoms with E-state index in [-0.39, 0.29) is 16.0 Å². The van der Waals surface area contributed by atoms with Gasteiger partial charge in [0.25, 0.3) is 0 Å². The molecule has 1 saturated heterocycles. The Balaban J connectivity index is 2.34. The molecule has 0 amide bonds. The first-order valence-electron chi connectivity index (χ1n) is 5.74. The van der Waals surface area contributed by atoms with Crippen molar-refractivity contribution in [1.82, 2.24) is 5.32 Å². The Hall–Kier alpha value is 0.300. The third kappa shape index (κ3) is 2.90. The van der Waals surface area contributed by atoms with Crippen molar-refractivity contribution >= 4 is 46.4 Å². The van der Waals surface area contributed by atoms with E-state index in [0.29, 0.717) is 15.6 Å². The highest BCUT2D eigenvalue weighted by Crippen LogP contribution is 2.43. The number of hydrogen-bond donors (Lipinski definition) is 2. The molecule has 6 heteroatoms. The van der Waals surface area contributed by atoms with E-state index in [4.69, 9.17) is 46.4 Å². The lowest BCUT2D eigenvalue weighted by atomic mass is 9.89. The minimum Gasteiger partial charge on any atom is -0.388 e. The van der Waals surface area contributed by atoms with Crippen LogP contribution in [0.2, 0.25) is 20.1 Å². The number of rotatable bonds is 2. The van der Waals surface area contributed by atoms with Crippen LogP contribution in [0.25, 0.3) is 0 Å². The molecule has 1 aromatic rings. The average Bonchev–Trinajstić information content (AvgIpc) is 2.37. The molecule has 100 valence electrons. The molecule has 0 radical (unpaired) electrons. The molecule has 1 aliphatic rings. The molecule has 1 heterocycles. The predicted octanol–water partition coefficient (Wildman–Crippen LogP) is 4.33. The zero-order chi connectivity index (χ0) is 13.3. The molecule has 0 saturated carbocycles. The highest BCUT2D eigenvalue weighted by Gasteiger charge is 2.28. The number of halogens is 4. The van der Waals surface area contributed by atoms with Gasteiger partial charge in [0, 0.05) is 23.0 Å². The van der Waals surface area contributed by atoms with Gasteiger partial charge in [0.05, 0.1) is 21.2 Å². The lowest BCUT2D eigenvalue weighted by molar-refractivity contribution is 0.0923. The van der Waals surface area contributed by atoms with Crippen molar-refractivity contribution in [2.75, 3.05) is 13.1 Å². The van der Waals surface area contributed by atoms with E-state index in [1.54, 1.807) is 0 Å². The van der Waals surface area contributed by atoms with E-state index >= 15 is 0 Å². The topological polar surface area (TPSA) is 32.3 Å². The number of hydrogen-bond acceptors (Lipinski definition) is 2. The van der Waals surface area contributed by atoms with E-state index in [1.807, 2.05) is 0 Å². The fraction of sp³-hybridized carbons (Fsp3) is 0.500. The Kier molecular flexibility index (Phi) is 5.04. The molecule has 2 unspecified atom stereocenters. The SMILES string of the molecule is OC(c1c(Cl)cc(Cl)c(Cl)c1Cl)C1CCCNC1. The Labute approximate surface area is 126 Å². The summed E-state index contributed by atoms with van der Waals surface area (Å²) in [7, 11) is 0. The van der Waals surface area contributed by atoms with Crippen molar-refractivity contribution in [2.45, 2.75) is 18.9 Å². The second-order valence-electron chi connectivity index (χ2n) is 4.43. The molecule has 2 rings (SSSR count).